The predicted molar refractivity (Wildman–Crippen MR) is 166 cm³/mol. The van der Waals surface area contributed by atoms with Crippen molar-refractivity contribution in [1.82, 2.24) is 20.0 Å². The van der Waals surface area contributed by atoms with Gasteiger partial charge in [-0.25, -0.2) is 0 Å². The third-order valence-electron chi connectivity index (χ3n) is 7.25. The zero-order chi connectivity index (χ0) is 31.1. The molecule has 0 aliphatic rings. The second-order valence-corrected chi connectivity index (χ2v) is 10.5. The zero-order valence-corrected chi connectivity index (χ0v) is 24.9. The van der Waals surface area contributed by atoms with Crippen LogP contribution in [0.3, 0.4) is 0 Å². The van der Waals surface area contributed by atoms with Gasteiger partial charge in [0.25, 0.3) is 0 Å². The van der Waals surface area contributed by atoms with E-state index in [9.17, 15) is 9.59 Å². The lowest BCUT2D eigenvalue weighted by atomic mass is 9.91. The van der Waals surface area contributed by atoms with Gasteiger partial charge in [-0.2, -0.15) is 5.26 Å². The lowest BCUT2D eigenvalue weighted by Gasteiger charge is -2.17. The highest BCUT2D eigenvalue weighted by Crippen LogP contribution is 2.36. The number of aldehydes is 2. The number of carbonyl (C=O) groups is 2. The van der Waals surface area contributed by atoms with Crippen molar-refractivity contribution in [1.29, 1.82) is 5.26 Å². The quantitative estimate of drug-likeness (QED) is 0.144. The highest BCUT2D eigenvalue weighted by molar-refractivity contribution is 6.32. The summed E-state index contributed by atoms with van der Waals surface area (Å²) in [5, 5.41) is 17.9. The first kappa shape index (κ1) is 30.1. The van der Waals surface area contributed by atoms with Gasteiger partial charge < -0.3 is 14.3 Å². The maximum atomic E-state index is 11.7. The Kier molecular flexibility index (Phi) is 9.43. The maximum Gasteiger partial charge on any atom is 0.153 e. The van der Waals surface area contributed by atoms with Crippen LogP contribution in [0.4, 0.5) is 0 Å². The van der Waals surface area contributed by atoms with Crippen molar-refractivity contribution in [2.45, 2.75) is 40.0 Å². The van der Waals surface area contributed by atoms with Gasteiger partial charge in [-0.15, -0.1) is 5.10 Å². The van der Waals surface area contributed by atoms with Gasteiger partial charge in [0.1, 0.15) is 42.8 Å². The monoisotopic (exact) mass is 605 g/mol. The lowest BCUT2D eigenvalue weighted by molar-refractivity contribution is -0.108. The molecular formula is C34H28ClN5O4. The molecule has 9 nitrogen and oxygen atoms in total. The normalized spacial score (nSPS) is 10.7. The Bertz CT molecular complexity index is 1880. The number of carbonyl (C=O) groups excluding carboxylic acids is 2. The fraction of sp³-hybridized carbons (Fsp3) is 0.176. The molecule has 0 spiro atoms. The smallest absolute Gasteiger partial charge is 0.153 e. The third kappa shape index (κ3) is 6.66. The molecule has 44 heavy (non-hydrogen) atoms. The fourth-order valence-corrected chi connectivity index (χ4v) is 5.10. The van der Waals surface area contributed by atoms with Crippen molar-refractivity contribution >= 4 is 24.2 Å². The molecular weight excluding hydrogens is 578 g/mol. The molecule has 0 saturated carbocycles. The molecule has 2 heterocycles. The van der Waals surface area contributed by atoms with Crippen molar-refractivity contribution < 1.29 is 19.1 Å². The van der Waals surface area contributed by atoms with Gasteiger partial charge in [-0.3, -0.25) is 14.5 Å². The number of aromatic nitrogens is 4. The van der Waals surface area contributed by atoms with E-state index in [4.69, 9.17) is 26.3 Å². The van der Waals surface area contributed by atoms with Crippen LogP contribution in [0.25, 0.3) is 22.4 Å². The molecule has 0 N–H and O–H groups in total. The molecule has 220 valence electrons. The number of rotatable bonds is 12. The first-order valence-electron chi connectivity index (χ1n) is 13.8. The van der Waals surface area contributed by atoms with Gasteiger partial charge in [0.2, 0.25) is 0 Å². The second kappa shape index (κ2) is 13.8. The molecule has 3 aromatic carbocycles. The molecule has 0 amide bonds. The van der Waals surface area contributed by atoms with E-state index in [2.05, 4.69) is 34.4 Å². The fourth-order valence-electron chi connectivity index (χ4n) is 4.87. The summed E-state index contributed by atoms with van der Waals surface area (Å²) in [4.78, 5) is 26.5. The Hall–Kier alpha value is -5.33. The van der Waals surface area contributed by atoms with Crippen LogP contribution in [-0.4, -0.2) is 32.6 Å². The van der Waals surface area contributed by atoms with Gasteiger partial charge in [0, 0.05) is 42.6 Å². The summed E-state index contributed by atoms with van der Waals surface area (Å²) in [6.45, 7) is 4.93. The van der Waals surface area contributed by atoms with Crippen molar-refractivity contribution in [3.63, 3.8) is 0 Å². The van der Waals surface area contributed by atoms with Crippen LogP contribution in [0.2, 0.25) is 5.02 Å². The summed E-state index contributed by atoms with van der Waals surface area (Å²) < 4.78 is 13.7. The van der Waals surface area contributed by atoms with Crippen molar-refractivity contribution in [2.75, 3.05) is 0 Å². The van der Waals surface area contributed by atoms with Crippen LogP contribution < -0.4 is 9.47 Å². The number of nitriles is 1. The molecule has 0 atom stereocenters. The minimum Gasteiger partial charge on any atom is -0.488 e. The largest absolute Gasteiger partial charge is 0.488 e. The van der Waals surface area contributed by atoms with Gasteiger partial charge in [0.15, 0.2) is 6.29 Å². The van der Waals surface area contributed by atoms with E-state index in [0.717, 1.165) is 45.4 Å². The van der Waals surface area contributed by atoms with E-state index in [1.54, 1.807) is 23.0 Å². The Morgan fingerprint density at radius 2 is 1.68 bits per heavy atom. The Labute approximate surface area is 259 Å². The van der Waals surface area contributed by atoms with Gasteiger partial charge in [-0.05, 0) is 53.8 Å². The summed E-state index contributed by atoms with van der Waals surface area (Å²) >= 11 is 6.48. The van der Waals surface area contributed by atoms with Crippen LogP contribution in [0.5, 0.6) is 11.5 Å². The number of benzene rings is 3. The van der Waals surface area contributed by atoms with Crippen LogP contribution in [-0.2, 0) is 24.6 Å². The topological polar surface area (TPSA) is 120 Å². The van der Waals surface area contributed by atoms with Crippen LogP contribution in [0.15, 0.2) is 73.2 Å². The molecule has 2 aromatic heterocycles. The van der Waals surface area contributed by atoms with Gasteiger partial charge >= 0.3 is 0 Å². The van der Waals surface area contributed by atoms with E-state index in [-0.39, 0.29) is 23.8 Å². The Morgan fingerprint density at radius 1 is 0.932 bits per heavy atom. The molecule has 0 aliphatic heterocycles. The number of pyridine rings is 1. The van der Waals surface area contributed by atoms with E-state index in [1.165, 1.54) is 12.3 Å². The Balaban J connectivity index is 1.36. The minimum absolute atomic E-state index is 0.110. The SMILES string of the molecule is Cc1c(COc2cc(OCc3cncc(C#N)c3)c(C=O)cc2Cl)cccc1-c1cccc(-c2cn(CCC=O)nn2)c1C. The average Bonchev–Trinajstić information content (AvgIpc) is 3.52. The van der Waals surface area contributed by atoms with Crippen molar-refractivity contribution in [3.8, 4) is 40.0 Å². The number of nitrogens with zero attached hydrogens (tertiary/aromatic N) is 5. The summed E-state index contributed by atoms with van der Waals surface area (Å²) in [6, 6.07) is 19.0. The van der Waals surface area contributed by atoms with E-state index in [1.807, 2.05) is 43.5 Å². The first-order chi connectivity index (χ1) is 21.4. The van der Waals surface area contributed by atoms with Crippen molar-refractivity contribution in [2.24, 2.45) is 0 Å². The molecule has 0 radical (unpaired) electrons. The molecule has 5 rings (SSSR count). The van der Waals surface area contributed by atoms with Crippen LogP contribution >= 0.6 is 11.6 Å². The summed E-state index contributed by atoms with van der Waals surface area (Å²) in [5.74, 6) is 0.680. The van der Waals surface area contributed by atoms with Crippen LogP contribution in [0, 0.1) is 25.2 Å². The summed E-state index contributed by atoms with van der Waals surface area (Å²) in [5.41, 5.74) is 8.27. The highest BCUT2D eigenvalue weighted by atomic mass is 35.5. The highest BCUT2D eigenvalue weighted by Gasteiger charge is 2.16. The molecule has 10 heteroatoms. The molecule has 0 aliphatic carbocycles. The minimum atomic E-state index is 0.110. The standard InChI is InChI=1S/C34H28ClN5O4/c1-22-26(6-3-7-28(22)29-8-4-9-30(23(29)2)32-18-40(39-38-32)10-5-11-41)21-44-34-14-33(27(19-42)13-31(34)35)43-20-25-12-24(15-36)16-37-17-25/h3-4,6-9,11-14,16-19H,5,10,20-21H2,1-2H3. The molecule has 0 unspecified atom stereocenters. The van der Waals surface area contributed by atoms with E-state index < -0.39 is 0 Å². The Morgan fingerprint density at radius 3 is 2.45 bits per heavy atom. The molecule has 0 bridgehead atoms. The summed E-state index contributed by atoms with van der Waals surface area (Å²) in [6.07, 6.45) is 6.84. The maximum absolute atomic E-state index is 11.7. The molecule has 0 fully saturated rings. The van der Waals surface area contributed by atoms with E-state index >= 15 is 0 Å². The number of ether oxygens (including phenoxy) is 2. The lowest BCUT2D eigenvalue weighted by Crippen LogP contribution is -2.03. The number of hydrogen-bond donors (Lipinski definition) is 0. The predicted octanol–water partition coefficient (Wildman–Crippen LogP) is 6.71. The number of hydrogen-bond acceptors (Lipinski definition) is 8. The summed E-state index contributed by atoms with van der Waals surface area (Å²) in [7, 11) is 0. The van der Waals surface area contributed by atoms with E-state index in [0.29, 0.717) is 41.9 Å². The second-order valence-electron chi connectivity index (χ2n) is 10.1. The van der Waals surface area contributed by atoms with Crippen LogP contribution in [0.1, 0.15) is 44.6 Å². The van der Waals surface area contributed by atoms with Crippen molar-refractivity contribution in [3.05, 3.63) is 112 Å². The van der Waals surface area contributed by atoms with Gasteiger partial charge in [-0.1, -0.05) is 53.2 Å². The third-order valence-corrected chi connectivity index (χ3v) is 7.55. The van der Waals surface area contributed by atoms with Gasteiger partial charge in [0.05, 0.1) is 22.3 Å². The first-order valence-corrected chi connectivity index (χ1v) is 14.2. The number of halogens is 1. The molecule has 0 saturated heterocycles. The number of aryl methyl sites for hydroxylation is 1. The average molecular weight is 606 g/mol. The zero-order valence-electron chi connectivity index (χ0n) is 24.2. The molecule has 5 aromatic rings.